The highest BCUT2D eigenvalue weighted by atomic mass is 16.6. The molecule has 248 valence electrons. The van der Waals surface area contributed by atoms with Crippen LogP contribution >= 0.6 is 0 Å². The number of hydrogen-bond donors (Lipinski definition) is 2. The van der Waals surface area contributed by atoms with Crippen molar-refractivity contribution in [2.75, 3.05) is 26.1 Å². The monoisotopic (exact) mass is 653 g/mol. The number of rotatable bonds is 10. The largest absolute Gasteiger partial charge is 0.497 e. The van der Waals surface area contributed by atoms with E-state index in [9.17, 15) is 14.4 Å². The smallest absolute Gasteiger partial charge is 0.303 e. The molecule has 3 atom stereocenters. The van der Waals surface area contributed by atoms with Gasteiger partial charge in [-0.1, -0.05) is 54.6 Å². The number of ether oxygens (including phenoxy) is 5. The van der Waals surface area contributed by atoms with Gasteiger partial charge in [0.1, 0.15) is 23.2 Å². The number of benzene rings is 3. The van der Waals surface area contributed by atoms with Crippen LogP contribution in [-0.4, -0.2) is 64.4 Å². The number of H-pyrrole nitrogens is 1. The van der Waals surface area contributed by atoms with Gasteiger partial charge >= 0.3 is 5.97 Å². The molecule has 13 nitrogen and oxygen atoms in total. The number of aromatic amines is 1. The Hall–Kier alpha value is -5.53. The summed E-state index contributed by atoms with van der Waals surface area (Å²) in [5.74, 6) is 0.398. The Bertz CT molecular complexity index is 1910. The summed E-state index contributed by atoms with van der Waals surface area (Å²) in [6, 6.07) is 25.2. The Labute approximate surface area is 275 Å². The second kappa shape index (κ2) is 13.7. The molecule has 0 unspecified atom stereocenters. The van der Waals surface area contributed by atoms with Crippen molar-refractivity contribution in [2.24, 2.45) is 0 Å². The summed E-state index contributed by atoms with van der Waals surface area (Å²) in [7, 11) is 3.22. The number of methoxy groups -OCH3 is 2. The SMILES string of the molecule is COc1ccc(C(O[C@@H]2CO[C@@H](n3cnc4c(=O)[nH]c(NC(C)=O)nc43)[C@H](OC(C)=O)C2)(c2ccccc2)c2ccc(OC)cc2)cc1. The highest BCUT2D eigenvalue weighted by molar-refractivity contribution is 5.87. The van der Waals surface area contributed by atoms with E-state index in [0.717, 1.165) is 16.7 Å². The lowest BCUT2D eigenvalue weighted by Gasteiger charge is -2.42. The van der Waals surface area contributed by atoms with Crippen molar-refractivity contribution >= 4 is 29.0 Å². The molecule has 0 saturated carbocycles. The maximum atomic E-state index is 12.7. The minimum Gasteiger partial charge on any atom is -0.497 e. The van der Waals surface area contributed by atoms with Gasteiger partial charge in [-0.15, -0.1) is 0 Å². The predicted molar refractivity (Wildman–Crippen MR) is 175 cm³/mol. The van der Waals surface area contributed by atoms with Crippen LogP contribution in [-0.2, 0) is 29.4 Å². The zero-order valence-electron chi connectivity index (χ0n) is 26.8. The third kappa shape index (κ3) is 6.37. The summed E-state index contributed by atoms with van der Waals surface area (Å²) in [6.07, 6.45) is -0.714. The van der Waals surface area contributed by atoms with E-state index in [1.807, 2.05) is 78.9 Å². The van der Waals surface area contributed by atoms with E-state index in [1.165, 1.54) is 24.7 Å². The van der Waals surface area contributed by atoms with E-state index < -0.39 is 41.5 Å². The lowest BCUT2D eigenvalue weighted by atomic mass is 9.79. The molecule has 6 rings (SSSR count). The average Bonchev–Trinajstić information content (AvgIpc) is 3.51. The second-order valence-electron chi connectivity index (χ2n) is 11.3. The summed E-state index contributed by atoms with van der Waals surface area (Å²) in [5.41, 5.74) is 1.04. The second-order valence-corrected chi connectivity index (χ2v) is 11.3. The summed E-state index contributed by atoms with van der Waals surface area (Å²) in [5, 5.41) is 2.49. The Kier molecular flexibility index (Phi) is 9.24. The molecule has 13 heteroatoms. The van der Waals surface area contributed by atoms with Gasteiger partial charge in [0.2, 0.25) is 11.9 Å². The van der Waals surface area contributed by atoms with Gasteiger partial charge in [0, 0.05) is 20.3 Å². The quantitative estimate of drug-likeness (QED) is 0.164. The third-order valence-electron chi connectivity index (χ3n) is 8.10. The molecule has 0 aliphatic carbocycles. The molecule has 5 aromatic rings. The minimum absolute atomic E-state index is 0.0368. The van der Waals surface area contributed by atoms with Gasteiger partial charge in [0.25, 0.3) is 5.56 Å². The van der Waals surface area contributed by atoms with Gasteiger partial charge in [-0.25, -0.2) is 4.98 Å². The van der Waals surface area contributed by atoms with Crippen molar-refractivity contribution in [1.29, 1.82) is 0 Å². The predicted octanol–water partition coefficient (Wildman–Crippen LogP) is 4.32. The summed E-state index contributed by atoms with van der Waals surface area (Å²) in [4.78, 5) is 47.9. The molecule has 0 bridgehead atoms. The third-order valence-corrected chi connectivity index (χ3v) is 8.10. The van der Waals surface area contributed by atoms with Crippen LogP contribution in [0.2, 0.25) is 0 Å². The average molecular weight is 654 g/mol. The fraction of sp³-hybridized carbons (Fsp3) is 0.286. The highest BCUT2D eigenvalue weighted by Crippen LogP contribution is 2.44. The standard InChI is InChI=1S/C35H35N5O8/c1-21(41)37-34-38-31-30(32(43)39-34)36-20-40(31)33-29(47-22(2)42)18-28(19-46-33)48-35(23-8-6-5-7-9-23,24-10-14-26(44-3)15-11-24)25-12-16-27(45-4)17-13-25/h5-17,20,28-29,33H,18-19H2,1-4H3,(H2,37,38,39,41,43)/t28-,29+,33+/m0/s1. The summed E-state index contributed by atoms with van der Waals surface area (Å²) >= 11 is 0. The van der Waals surface area contributed by atoms with Crippen LogP contribution < -0.4 is 20.3 Å². The van der Waals surface area contributed by atoms with E-state index in [-0.39, 0.29) is 30.1 Å². The van der Waals surface area contributed by atoms with Crippen molar-refractivity contribution in [2.45, 2.75) is 44.3 Å². The van der Waals surface area contributed by atoms with Crippen LogP contribution in [0, 0.1) is 0 Å². The zero-order chi connectivity index (χ0) is 33.8. The van der Waals surface area contributed by atoms with Crippen LogP contribution in [0.4, 0.5) is 5.95 Å². The topological polar surface area (TPSA) is 156 Å². The molecule has 1 fully saturated rings. The highest BCUT2D eigenvalue weighted by Gasteiger charge is 2.44. The number of carbonyl (C=O) groups excluding carboxylic acids is 2. The van der Waals surface area contributed by atoms with Crippen LogP contribution in [0.5, 0.6) is 11.5 Å². The molecule has 48 heavy (non-hydrogen) atoms. The first kappa shape index (κ1) is 32.4. The van der Waals surface area contributed by atoms with Gasteiger partial charge in [-0.05, 0) is 41.0 Å². The molecule has 0 spiro atoms. The van der Waals surface area contributed by atoms with Gasteiger partial charge in [-0.2, -0.15) is 4.98 Å². The Morgan fingerprint density at radius 2 is 1.52 bits per heavy atom. The van der Waals surface area contributed by atoms with Crippen LogP contribution in [0.15, 0.2) is 90.0 Å². The molecule has 1 saturated heterocycles. The molecule has 2 aromatic heterocycles. The number of aromatic nitrogens is 4. The van der Waals surface area contributed by atoms with Gasteiger partial charge in [0.15, 0.2) is 17.4 Å². The van der Waals surface area contributed by atoms with E-state index in [2.05, 4.69) is 20.3 Å². The number of fused-ring (bicyclic) bond motifs is 1. The Morgan fingerprint density at radius 3 is 2.08 bits per heavy atom. The lowest BCUT2D eigenvalue weighted by Crippen LogP contribution is -2.46. The van der Waals surface area contributed by atoms with Crippen LogP contribution in [0.1, 0.15) is 43.2 Å². The molecule has 3 aromatic carbocycles. The summed E-state index contributed by atoms with van der Waals surface area (Å²) in [6.45, 7) is 2.70. The maximum absolute atomic E-state index is 12.7. The molecule has 0 radical (unpaired) electrons. The van der Waals surface area contributed by atoms with Crippen molar-refractivity contribution < 1.29 is 33.3 Å². The zero-order valence-corrected chi connectivity index (χ0v) is 26.8. The number of hydrogen-bond acceptors (Lipinski definition) is 10. The normalized spacial score (nSPS) is 17.9. The van der Waals surface area contributed by atoms with Crippen molar-refractivity contribution in [1.82, 2.24) is 19.5 Å². The van der Waals surface area contributed by atoms with Gasteiger partial charge < -0.3 is 23.7 Å². The van der Waals surface area contributed by atoms with Crippen LogP contribution in [0.3, 0.4) is 0 Å². The summed E-state index contributed by atoms with van der Waals surface area (Å²) < 4.78 is 31.8. The number of nitrogens with one attached hydrogen (secondary N) is 2. The van der Waals surface area contributed by atoms with E-state index in [0.29, 0.717) is 11.5 Å². The molecular weight excluding hydrogens is 618 g/mol. The van der Waals surface area contributed by atoms with Gasteiger partial charge in [0.05, 0.1) is 33.3 Å². The molecule has 3 heterocycles. The van der Waals surface area contributed by atoms with Crippen molar-refractivity contribution in [3.63, 3.8) is 0 Å². The molecule has 1 amide bonds. The molecular formula is C35H35N5O8. The van der Waals surface area contributed by atoms with Crippen molar-refractivity contribution in [3.05, 3.63) is 112 Å². The van der Waals surface area contributed by atoms with Gasteiger partial charge in [-0.3, -0.25) is 29.3 Å². The fourth-order valence-corrected chi connectivity index (χ4v) is 6.03. The number of carbonyl (C=O) groups is 2. The molecule has 1 aliphatic heterocycles. The first-order chi connectivity index (χ1) is 23.2. The Balaban J connectivity index is 1.42. The van der Waals surface area contributed by atoms with Crippen LogP contribution in [0.25, 0.3) is 11.2 Å². The van der Waals surface area contributed by atoms with E-state index in [4.69, 9.17) is 23.7 Å². The fourth-order valence-electron chi connectivity index (χ4n) is 6.03. The molecule has 1 aliphatic rings. The number of esters is 1. The number of nitrogens with zero attached hydrogens (tertiary/aromatic N) is 3. The van der Waals surface area contributed by atoms with Crippen molar-refractivity contribution in [3.8, 4) is 11.5 Å². The van der Waals surface area contributed by atoms with E-state index >= 15 is 0 Å². The first-order valence-electron chi connectivity index (χ1n) is 15.3. The van der Waals surface area contributed by atoms with E-state index in [1.54, 1.807) is 14.2 Å². The number of amides is 1. The first-order valence-corrected chi connectivity index (χ1v) is 15.3. The molecule has 2 N–H and O–H groups in total. The lowest BCUT2D eigenvalue weighted by molar-refractivity contribution is -0.204. The Morgan fingerprint density at radius 1 is 0.917 bits per heavy atom. The number of anilines is 1. The maximum Gasteiger partial charge on any atom is 0.303 e. The minimum atomic E-state index is -1.13. The number of imidazole rings is 1.